The van der Waals surface area contributed by atoms with Gasteiger partial charge in [0.15, 0.2) is 0 Å². The van der Waals surface area contributed by atoms with E-state index in [1.54, 1.807) is 0 Å². The quantitative estimate of drug-likeness (QED) is 0.0463. The minimum absolute atomic E-state index is 0.00184. The van der Waals surface area contributed by atoms with Gasteiger partial charge in [-0.1, -0.05) is 128 Å². The molecular weight excluding hydrogens is 764 g/mol. The van der Waals surface area contributed by atoms with E-state index in [1.807, 2.05) is 24.3 Å². The van der Waals surface area contributed by atoms with Crippen molar-refractivity contribution < 1.29 is 14.2 Å². The summed E-state index contributed by atoms with van der Waals surface area (Å²) in [7, 11) is 0. The monoisotopic (exact) mass is 831 g/mol. The fourth-order valence-electron chi connectivity index (χ4n) is 7.58. The van der Waals surface area contributed by atoms with Crippen LogP contribution in [0.15, 0.2) is 48.5 Å². The number of aromatic nitrogens is 6. The van der Waals surface area contributed by atoms with Crippen molar-refractivity contribution in [2.24, 2.45) is 0 Å². The van der Waals surface area contributed by atoms with Crippen LogP contribution >= 0.6 is 11.6 Å². The minimum atomic E-state index is -0.781. The van der Waals surface area contributed by atoms with Gasteiger partial charge in [0.25, 0.3) is 0 Å². The van der Waals surface area contributed by atoms with Crippen LogP contribution in [0.4, 0.5) is 23.8 Å². The Morgan fingerprint density at radius 1 is 0.627 bits per heavy atom. The van der Waals surface area contributed by atoms with Crippen molar-refractivity contribution in [2.75, 3.05) is 67.7 Å². The lowest BCUT2D eigenvalue weighted by atomic mass is 9.71. The first-order valence-electron chi connectivity index (χ1n) is 22.1. The van der Waals surface area contributed by atoms with Gasteiger partial charge in [0, 0.05) is 31.5 Å². The number of unbranched alkanes of at least 4 members (excludes halogenated alkanes) is 14. The lowest BCUT2D eigenvalue weighted by Gasteiger charge is -2.35. The van der Waals surface area contributed by atoms with Crippen LogP contribution < -0.4 is 31.2 Å². The molecule has 1 aliphatic heterocycles. The molecule has 0 saturated carbocycles. The second kappa shape index (κ2) is 25.2. The number of nitrogens with zero attached hydrogens (tertiary/aromatic N) is 7. The maximum atomic E-state index is 6.38. The molecule has 2 aromatic carbocycles. The first kappa shape index (κ1) is 45.6. The third-order valence-corrected chi connectivity index (χ3v) is 11.1. The van der Waals surface area contributed by atoms with Gasteiger partial charge in [-0.25, -0.2) is 0 Å². The van der Waals surface area contributed by atoms with Gasteiger partial charge in [-0.3, -0.25) is 0 Å². The Morgan fingerprint density at radius 2 is 1.12 bits per heavy atom. The summed E-state index contributed by atoms with van der Waals surface area (Å²) >= 11 is 6.23. The van der Waals surface area contributed by atoms with E-state index in [1.165, 1.54) is 89.9 Å². The van der Waals surface area contributed by atoms with Gasteiger partial charge < -0.3 is 35.9 Å². The summed E-state index contributed by atoms with van der Waals surface area (Å²) < 4.78 is 18.1. The Labute approximate surface area is 356 Å². The molecule has 1 fully saturated rings. The van der Waals surface area contributed by atoms with Crippen LogP contribution in [0.5, 0.6) is 11.5 Å². The fourth-order valence-corrected chi connectivity index (χ4v) is 7.75. The van der Waals surface area contributed by atoms with E-state index in [2.05, 4.69) is 68.3 Å². The van der Waals surface area contributed by atoms with Gasteiger partial charge in [-0.05, 0) is 59.8 Å². The number of rotatable bonds is 28. The predicted molar refractivity (Wildman–Crippen MR) is 239 cm³/mol. The van der Waals surface area contributed by atoms with Crippen molar-refractivity contribution in [1.82, 2.24) is 29.9 Å². The van der Waals surface area contributed by atoms with Crippen LogP contribution in [0.1, 0.15) is 134 Å². The highest BCUT2D eigenvalue weighted by Crippen LogP contribution is 2.38. The zero-order chi connectivity index (χ0) is 41.5. The molecule has 0 amide bonds. The SMILES string of the molecule is CCCCCCCCCCOc1ccc(C(CNc2nc(N)nc(Cl)n2)(Cc2nc(N)nc(N3CCOCC3)n2)c2ccc(OCCCCCCCCCC)cc2)cc1. The van der Waals surface area contributed by atoms with Crippen molar-refractivity contribution in [3.8, 4) is 11.5 Å². The average Bonchev–Trinajstić information content (AvgIpc) is 3.24. The number of benzene rings is 2. The van der Waals surface area contributed by atoms with Crippen LogP contribution in [-0.4, -0.2) is 76.0 Å². The molecule has 3 heterocycles. The number of hydrogen-bond donors (Lipinski definition) is 3. The lowest BCUT2D eigenvalue weighted by molar-refractivity contribution is 0.122. The van der Waals surface area contributed by atoms with Gasteiger partial charge in [0.1, 0.15) is 17.3 Å². The second-order valence-electron chi connectivity index (χ2n) is 15.6. The highest BCUT2D eigenvalue weighted by Gasteiger charge is 2.37. The third kappa shape index (κ3) is 15.2. The number of hydrogen-bond acceptors (Lipinski definition) is 13. The van der Waals surface area contributed by atoms with Crippen LogP contribution in [0, 0.1) is 0 Å². The van der Waals surface area contributed by atoms with Crippen molar-refractivity contribution in [3.63, 3.8) is 0 Å². The van der Waals surface area contributed by atoms with Crippen LogP contribution in [0.3, 0.4) is 0 Å². The Morgan fingerprint density at radius 3 is 1.63 bits per heavy atom. The normalized spacial score (nSPS) is 13.1. The molecule has 59 heavy (non-hydrogen) atoms. The number of nitrogens with one attached hydrogen (secondary N) is 1. The van der Waals surface area contributed by atoms with E-state index in [0.717, 1.165) is 35.5 Å². The molecule has 0 radical (unpaired) electrons. The molecule has 5 N–H and O–H groups in total. The summed E-state index contributed by atoms with van der Waals surface area (Å²) in [6.07, 6.45) is 20.4. The van der Waals surface area contributed by atoms with E-state index in [9.17, 15) is 0 Å². The van der Waals surface area contributed by atoms with Crippen LogP contribution in [0.25, 0.3) is 0 Å². The van der Waals surface area contributed by atoms with Gasteiger partial charge >= 0.3 is 0 Å². The van der Waals surface area contributed by atoms with Gasteiger partial charge in [-0.2, -0.15) is 29.9 Å². The zero-order valence-corrected chi connectivity index (χ0v) is 36.2. The number of morpholine rings is 1. The summed E-state index contributed by atoms with van der Waals surface area (Å²) in [5, 5.41) is 3.43. The van der Waals surface area contributed by atoms with Crippen molar-refractivity contribution >= 4 is 35.4 Å². The van der Waals surface area contributed by atoms with Gasteiger partial charge in [0.05, 0.1) is 26.4 Å². The largest absolute Gasteiger partial charge is 0.494 e. The van der Waals surface area contributed by atoms with Crippen molar-refractivity contribution in [1.29, 1.82) is 0 Å². The molecule has 5 rings (SSSR count). The molecule has 0 aliphatic carbocycles. The number of ether oxygens (including phenoxy) is 3. The van der Waals surface area contributed by atoms with Gasteiger partial charge in [-0.15, -0.1) is 0 Å². The summed E-state index contributed by atoms with van der Waals surface area (Å²) in [6.45, 7) is 8.70. The van der Waals surface area contributed by atoms with Crippen LogP contribution in [-0.2, 0) is 16.6 Å². The Kier molecular flexibility index (Phi) is 19.5. The van der Waals surface area contributed by atoms with E-state index in [-0.39, 0.29) is 23.1 Å². The third-order valence-electron chi connectivity index (χ3n) is 11.0. The molecule has 13 nitrogen and oxygen atoms in total. The van der Waals surface area contributed by atoms with Gasteiger partial charge in [0.2, 0.25) is 29.1 Å². The number of nitrogen functional groups attached to an aromatic ring is 2. The summed E-state index contributed by atoms with van der Waals surface area (Å²) in [4.78, 5) is 28.9. The molecular formula is C45H67ClN10O3. The van der Waals surface area contributed by atoms with Crippen LogP contribution in [0.2, 0.25) is 5.28 Å². The second-order valence-corrected chi connectivity index (χ2v) is 15.9. The molecule has 14 heteroatoms. The first-order valence-corrected chi connectivity index (χ1v) is 22.5. The fraction of sp³-hybridized carbons (Fsp3) is 0.600. The smallest absolute Gasteiger partial charge is 0.230 e. The Hall–Kier alpha value is -4.49. The molecule has 0 unspecified atom stereocenters. The Bertz CT molecular complexity index is 1690. The standard InChI is InChI=1S/C45H67ClN10O3/c1-3-5-7-9-11-13-15-17-29-58-37-23-19-35(20-24-37)45(34-49-43-53-40(46)52-42(48)54-43,33-39-50-41(47)55-44(51-39)56-27-31-57-32-28-56)36-21-25-38(26-22-36)59-30-18-16-14-12-10-8-6-4-2/h19-26H,3-18,27-34H2,1-2H3,(H2,47,50,51,55)(H3,48,49,52,53,54). The molecule has 0 bridgehead atoms. The topological polar surface area (TPSA) is 172 Å². The lowest BCUT2D eigenvalue weighted by Crippen LogP contribution is -2.40. The highest BCUT2D eigenvalue weighted by atomic mass is 35.5. The summed E-state index contributed by atoms with van der Waals surface area (Å²) in [5.74, 6) is 3.15. The van der Waals surface area contributed by atoms with Crippen molar-refractivity contribution in [3.05, 3.63) is 70.8 Å². The maximum Gasteiger partial charge on any atom is 0.230 e. The van der Waals surface area contributed by atoms with E-state index < -0.39 is 5.41 Å². The number of nitrogens with two attached hydrogens (primary N) is 2. The average molecular weight is 832 g/mol. The summed E-state index contributed by atoms with van der Waals surface area (Å²) in [5.41, 5.74) is 13.6. The maximum absolute atomic E-state index is 6.38. The highest BCUT2D eigenvalue weighted by molar-refractivity contribution is 6.28. The molecule has 4 aromatic rings. The molecule has 1 saturated heterocycles. The minimum Gasteiger partial charge on any atom is -0.494 e. The molecule has 322 valence electrons. The summed E-state index contributed by atoms with van der Waals surface area (Å²) in [6, 6.07) is 16.6. The number of anilines is 4. The van der Waals surface area contributed by atoms with E-state index in [0.29, 0.717) is 64.3 Å². The first-order chi connectivity index (χ1) is 28.9. The van der Waals surface area contributed by atoms with Crippen molar-refractivity contribution in [2.45, 2.75) is 128 Å². The molecule has 2 aromatic heterocycles. The predicted octanol–water partition coefficient (Wildman–Crippen LogP) is 9.39. The zero-order valence-electron chi connectivity index (χ0n) is 35.5. The Balaban J connectivity index is 1.40. The molecule has 0 atom stereocenters. The van der Waals surface area contributed by atoms with E-state index in [4.69, 9.17) is 47.2 Å². The van der Waals surface area contributed by atoms with E-state index >= 15 is 0 Å². The molecule has 1 aliphatic rings. The molecule has 0 spiro atoms. The number of halogens is 1.